The molecule has 0 bridgehead atoms. The Morgan fingerprint density at radius 3 is 1.93 bits per heavy atom. The minimum atomic E-state index is -6.12. The topological polar surface area (TPSA) is 214 Å². The predicted molar refractivity (Wildman–Crippen MR) is 146 cm³/mol. The number of unbranched alkanes of at least 4 members (excludes halogenated alkanes) is 1. The van der Waals surface area contributed by atoms with Gasteiger partial charge in [0, 0.05) is 43.5 Å². The number of anilines is 1. The van der Waals surface area contributed by atoms with E-state index in [9.17, 15) is 38.5 Å². The van der Waals surface area contributed by atoms with Crippen molar-refractivity contribution >= 4 is 56.1 Å². The van der Waals surface area contributed by atoms with Gasteiger partial charge in [0.1, 0.15) is 11.6 Å². The number of hydrogen-bond acceptors (Lipinski definition) is 10. The van der Waals surface area contributed by atoms with Crippen LogP contribution >= 0.6 is 38.4 Å². The van der Waals surface area contributed by atoms with E-state index in [2.05, 4.69) is 10.6 Å². The van der Waals surface area contributed by atoms with Gasteiger partial charge in [0.25, 0.3) is 0 Å². The molecule has 13 nitrogen and oxygen atoms in total. The summed E-state index contributed by atoms with van der Waals surface area (Å²) in [5.74, 6) is 0.193. The molecule has 0 spiro atoms. The molecular formula is C23H36Cl2N3Na3O10P2. The number of hydrogen-bond donors (Lipinski definition) is 4. The van der Waals surface area contributed by atoms with Gasteiger partial charge in [-0.05, 0) is 65.3 Å². The van der Waals surface area contributed by atoms with Crippen LogP contribution in [0.1, 0.15) is 45.6 Å². The molecule has 0 aliphatic carbocycles. The van der Waals surface area contributed by atoms with Gasteiger partial charge in [-0.25, -0.2) is 4.79 Å². The summed E-state index contributed by atoms with van der Waals surface area (Å²) in [4.78, 5) is 70.1. The van der Waals surface area contributed by atoms with E-state index in [-0.39, 0.29) is 114 Å². The molecule has 2 amide bonds. The molecule has 1 rings (SSSR count). The molecule has 3 atom stereocenters. The molecule has 20 heteroatoms. The summed E-state index contributed by atoms with van der Waals surface area (Å²) < 4.78 is 27.7. The van der Waals surface area contributed by atoms with Crippen LogP contribution in [0.5, 0.6) is 0 Å². The van der Waals surface area contributed by atoms with E-state index >= 15 is 0 Å². The summed E-state index contributed by atoms with van der Waals surface area (Å²) in [6.07, 6.45) is -2.24. The van der Waals surface area contributed by atoms with Crippen molar-refractivity contribution in [3.63, 3.8) is 0 Å². The van der Waals surface area contributed by atoms with Crippen LogP contribution in [0.15, 0.2) is 24.3 Å². The van der Waals surface area contributed by atoms with Gasteiger partial charge in [-0.15, -0.1) is 23.2 Å². The third kappa shape index (κ3) is 17.5. The number of alkyl carbamates (subject to hydrolysis) is 1. The molecule has 2 unspecified atom stereocenters. The van der Waals surface area contributed by atoms with Gasteiger partial charge in [0.2, 0.25) is 5.91 Å². The van der Waals surface area contributed by atoms with Crippen molar-refractivity contribution in [3.8, 4) is 0 Å². The number of halogens is 2. The number of alkyl halides is 2. The number of amides is 2. The van der Waals surface area contributed by atoms with Gasteiger partial charge in [0.05, 0.1) is 0 Å². The third-order valence-electron chi connectivity index (χ3n) is 5.59. The Labute approximate surface area is 329 Å². The maximum atomic E-state index is 12.9. The second-order valence-electron chi connectivity index (χ2n) is 9.97. The minimum Gasteiger partial charge on any atom is -0.808 e. The summed E-state index contributed by atoms with van der Waals surface area (Å²) in [5.41, 5.74) is 0.753. The standard InChI is InChI=1S/C23H39Cl2N3O10P2.3Na/c1-22(2,3)38-21(30)27-19(16-17-6-8-18(9-7-17)28(14-11-24)15-12-25)20(29)26-13-5-4-10-23(31,39(32,33)34)40(35,36)37;;;/h6-9,19,31H,4-5,10-16H2,1-3H3,(H,26,29)(H,27,30)(H2,32,33,34)(H2,35,36,37);;;/q;3*+1/p-3/t19-;;;/m0.../s1. The van der Waals surface area contributed by atoms with Gasteiger partial charge < -0.3 is 54.1 Å². The number of ether oxygens (including phenoxy) is 1. The number of nitrogens with zero attached hydrogens (tertiary/aromatic N) is 1. The monoisotopic (exact) mass is 715 g/mol. The average molecular weight is 716 g/mol. The first-order chi connectivity index (χ1) is 18.3. The fourth-order valence-electron chi connectivity index (χ4n) is 3.57. The molecule has 230 valence electrons. The number of aliphatic hydroxyl groups is 1. The van der Waals surface area contributed by atoms with Crippen LogP contribution in [0.25, 0.3) is 0 Å². The summed E-state index contributed by atoms with van der Waals surface area (Å²) >= 11 is 11.7. The summed E-state index contributed by atoms with van der Waals surface area (Å²) in [7, 11) is -12.0. The van der Waals surface area contributed by atoms with Crippen molar-refractivity contribution in [2.24, 2.45) is 0 Å². The fourth-order valence-corrected chi connectivity index (χ4v) is 6.09. The molecule has 0 fully saturated rings. The van der Waals surface area contributed by atoms with Crippen LogP contribution in [0.4, 0.5) is 10.5 Å². The first-order valence-corrected chi connectivity index (χ1v) is 16.5. The minimum absolute atomic E-state index is 0. The molecule has 0 aromatic heterocycles. The van der Waals surface area contributed by atoms with Gasteiger partial charge >= 0.3 is 94.8 Å². The number of carbonyl (C=O) groups excluding carboxylic acids is 2. The summed E-state index contributed by atoms with van der Waals surface area (Å²) in [6, 6.07) is 6.14. The van der Waals surface area contributed by atoms with Crippen molar-refractivity contribution in [3.05, 3.63) is 29.8 Å². The molecule has 1 aromatic carbocycles. The van der Waals surface area contributed by atoms with E-state index in [1.807, 2.05) is 17.0 Å². The molecule has 43 heavy (non-hydrogen) atoms. The smallest absolute Gasteiger partial charge is 0.808 e. The maximum absolute atomic E-state index is 12.9. The number of nitrogens with one attached hydrogen (secondary N) is 2. The van der Waals surface area contributed by atoms with Gasteiger partial charge in [0.15, 0.2) is 12.7 Å². The largest absolute Gasteiger partial charge is 1.00 e. The zero-order valence-corrected chi connectivity index (χ0v) is 34.8. The molecule has 0 aliphatic heterocycles. The SMILES string of the molecule is CC(C)(C)OC(=O)N[C@@H](Cc1ccc(N(CCCl)CCCl)cc1)C(=O)NCCCCC(O)(P(=O)([O-])[O-])P(=O)([O-])O.[Na+].[Na+].[Na+]. The van der Waals surface area contributed by atoms with Crippen LogP contribution in [0.2, 0.25) is 0 Å². The number of carbonyl (C=O) groups is 2. The molecule has 0 radical (unpaired) electrons. The Morgan fingerprint density at radius 1 is 1.00 bits per heavy atom. The average Bonchev–Trinajstić information content (AvgIpc) is 2.81. The first-order valence-electron chi connectivity index (χ1n) is 12.4. The van der Waals surface area contributed by atoms with Gasteiger partial charge in [-0.3, -0.25) is 4.79 Å². The third-order valence-corrected chi connectivity index (χ3v) is 9.65. The second-order valence-corrected chi connectivity index (χ2v) is 14.6. The summed E-state index contributed by atoms with van der Waals surface area (Å²) in [5, 5.41) is 11.0. The predicted octanol–water partition coefficient (Wildman–Crippen LogP) is -8.19. The normalized spacial score (nSPS) is 14.7. The van der Waals surface area contributed by atoms with Gasteiger partial charge in [-0.1, -0.05) is 12.1 Å². The van der Waals surface area contributed by atoms with E-state index in [0.717, 1.165) is 5.69 Å². The van der Waals surface area contributed by atoms with E-state index in [0.29, 0.717) is 30.4 Å². The Morgan fingerprint density at radius 2 is 1.51 bits per heavy atom. The van der Waals surface area contributed by atoms with Crippen LogP contribution in [0, 0.1) is 0 Å². The van der Waals surface area contributed by atoms with E-state index in [1.165, 1.54) is 0 Å². The molecule has 0 aliphatic rings. The van der Waals surface area contributed by atoms with Crippen molar-refractivity contribution in [1.82, 2.24) is 10.6 Å². The number of rotatable bonds is 16. The quantitative estimate of drug-likeness (QED) is 0.0546. The maximum Gasteiger partial charge on any atom is 1.00 e. The van der Waals surface area contributed by atoms with Crippen molar-refractivity contribution in [1.29, 1.82) is 0 Å². The Kier molecular flexibility index (Phi) is 25.4. The summed E-state index contributed by atoms with van der Waals surface area (Å²) in [6.45, 7) is 6.02. The van der Waals surface area contributed by atoms with Crippen LogP contribution in [0.3, 0.4) is 0 Å². The Balaban J connectivity index is -0.00000533. The molecule has 1 aromatic rings. The first kappa shape index (κ1) is 49.0. The van der Waals surface area contributed by atoms with Crippen LogP contribution in [-0.4, -0.2) is 70.1 Å². The zero-order chi connectivity index (χ0) is 30.8. The molecule has 0 heterocycles. The Bertz CT molecular complexity index is 1050. The zero-order valence-electron chi connectivity index (χ0n) is 25.5. The van der Waals surface area contributed by atoms with Crippen LogP contribution in [-0.2, 0) is 25.1 Å². The molecule has 4 N–H and O–H groups in total. The van der Waals surface area contributed by atoms with Crippen molar-refractivity contribution in [2.75, 3.05) is 36.3 Å². The second kappa shape index (κ2) is 22.3. The molecular weight excluding hydrogens is 680 g/mol. The van der Waals surface area contributed by atoms with Crippen molar-refractivity contribution < 1.29 is 137 Å². The molecule has 0 saturated heterocycles. The van der Waals surface area contributed by atoms with Crippen LogP contribution < -0.4 is 119 Å². The van der Waals surface area contributed by atoms with Crippen molar-refractivity contribution in [2.45, 2.75) is 63.2 Å². The fraction of sp³-hybridized carbons (Fsp3) is 0.652. The van der Waals surface area contributed by atoms with E-state index in [4.69, 9.17) is 32.8 Å². The van der Waals surface area contributed by atoms with E-state index < -0.39 is 50.3 Å². The van der Waals surface area contributed by atoms with E-state index in [1.54, 1.807) is 32.9 Å². The van der Waals surface area contributed by atoms with Gasteiger partial charge in [-0.2, -0.15) is 0 Å². The number of benzene rings is 1. The Hall–Kier alpha value is 1.60. The molecule has 0 saturated carbocycles.